The van der Waals surface area contributed by atoms with Crippen molar-refractivity contribution < 1.29 is 4.74 Å². The van der Waals surface area contributed by atoms with Gasteiger partial charge in [-0.25, -0.2) is 0 Å². The first-order valence-corrected chi connectivity index (χ1v) is 5.33. The fraction of sp³-hybridized carbons (Fsp3) is 0.385. The molecule has 15 heavy (non-hydrogen) atoms. The van der Waals surface area contributed by atoms with Crippen LogP contribution < -0.4 is 10.5 Å². The average molecular weight is 205 g/mol. The normalized spacial score (nSPS) is 10.0. The second-order valence-corrected chi connectivity index (χ2v) is 3.73. The summed E-state index contributed by atoms with van der Waals surface area (Å²) in [5.74, 6) is 0.871. The van der Waals surface area contributed by atoms with E-state index in [1.54, 1.807) is 0 Å². The molecule has 1 aromatic carbocycles. The number of hydrogen-bond acceptors (Lipinski definition) is 2. The number of ether oxygens (including phenoxy) is 1. The van der Waals surface area contributed by atoms with Crippen molar-refractivity contribution in [3.8, 4) is 5.75 Å². The van der Waals surface area contributed by atoms with Crippen molar-refractivity contribution in [3.05, 3.63) is 30.3 Å². The van der Waals surface area contributed by atoms with Crippen molar-refractivity contribution in [2.75, 3.05) is 12.3 Å². The van der Waals surface area contributed by atoms with Gasteiger partial charge in [0.1, 0.15) is 5.75 Å². The molecule has 0 aliphatic rings. The summed E-state index contributed by atoms with van der Waals surface area (Å²) < 4.78 is 5.60. The zero-order valence-corrected chi connectivity index (χ0v) is 9.55. The Balaban J connectivity index is 2.74. The minimum Gasteiger partial charge on any atom is -0.494 e. The molecule has 2 heteroatoms. The first-order valence-electron chi connectivity index (χ1n) is 5.33. The largest absolute Gasteiger partial charge is 0.494 e. The zero-order valence-electron chi connectivity index (χ0n) is 9.55. The molecule has 0 aromatic heterocycles. The third-order valence-electron chi connectivity index (χ3n) is 2.25. The van der Waals surface area contributed by atoms with Crippen molar-refractivity contribution in [2.24, 2.45) is 0 Å². The molecule has 2 N–H and O–H groups in total. The Hall–Kier alpha value is -1.44. The molecule has 0 aliphatic carbocycles. The Kier molecular flexibility index (Phi) is 4.22. The van der Waals surface area contributed by atoms with Crippen LogP contribution >= 0.6 is 0 Å². The molecular weight excluding hydrogens is 186 g/mol. The van der Waals surface area contributed by atoms with Crippen LogP contribution in [0.3, 0.4) is 0 Å². The van der Waals surface area contributed by atoms with Gasteiger partial charge in [-0.05, 0) is 37.1 Å². The lowest BCUT2D eigenvalue weighted by atomic mass is 10.1. The quantitative estimate of drug-likeness (QED) is 0.590. The van der Waals surface area contributed by atoms with Crippen LogP contribution in [0.4, 0.5) is 5.69 Å². The Labute approximate surface area is 91.7 Å². The van der Waals surface area contributed by atoms with E-state index in [2.05, 4.69) is 13.5 Å². The Morgan fingerprint density at radius 3 is 2.80 bits per heavy atom. The van der Waals surface area contributed by atoms with Crippen molar-refractivity contribution in [2.45, 2.75) is 26.7 Å². The summed E-state index contributed by atoms with van der Waals surface area (Å²) in [6, 6.07) is 5.72. The second kappa shape index (κ2) is 5.44. The van der Waals surface area contributed by atoms with Gasteiger partial charge >= 0.3 is 0 Å². The van der Waals surface area contributed by atoms with E-state index in [1.165, 1.54) is 0 Å². The molecule has 0 fully saturated rings. The van der Waals surface area contributed by atoms with Crippen LogP contribution in [0.1, 0.15) is 32.3 Å². The van der Waals surface area contributed by atoms with E-state index >= 15 is 0 Å². The van der Waals surface area contributed by atoms with E-state index in [1.807, 2.05) is 25.1 Å². The lowest BCUT2D eigenvalue weighted by Gasteiger charge is -2.09. The number of allylic oxidation sites excluding steroid dienone is 1. The highest BCUT2D eigenvalue weighted by atomic mass is 16.5. The predicted octanol–water partition coefficient (Wildman–Crippen LogP) is 3.48. The highest BCUT2D eigenvalue weighted by Gasteiger charge is 2.02. The second-order valence-electron chi connectivity index (χ2n) is 3.73. The van der Waals surface area contributed by atoms with Gasteiger partial charge in [-0.3, -0.25) is 0 Å². The summed E-state index contributed by atoms with van der Waals surface area (Å²) in [6.07, 6.45) is 2.22. The summed E-state index contributed by atoms with van der Waals surface area (Å²) >= 11 is 0. The molecule has 0 saturated carbocycles. The van der Waals surface area contributed by atoms with Crippen molar-refractivity contribution in [1.82, 2.24) is 0 Å². The van der Waals surface area contributed by atoms with Gasteiger partial charge in [-0.2, -0.15) is 0 Å². The molecule has 82 valence electrons. The third kappa shape index (κ3) is 3.31. The number of hydrogen-bond donors (Lipinski definition) is 1. The van der Waals surface area contributed by atoms with Crippen LogP contribution in [0.2, 0.25) is 0 Å². The molecule has 1 aromatic rings. The Morgan fingerprint density at radius 2 is 2.20 bits per heavy atom. The molecule has 0 radical (unpaired) electrons. The van der Waals surface area contributed by atoms with Gasteiger partial charge in [0.05, 0.1) is 6.61 Å². The van der Waals surface area contributed by atoms with Crippen LogP contribution in [0.15, 0.2) is 24.8 Å². The molecule has 0 amide bonds. The van der Waals surface area contributed by atoms with Gasteiger partial charge in [0.25, 0.3) is 0 Å². The maximum absolute atomic E-state index is 5.83. The van der Waals surface area contributed by atoms with E-state index in [9.17, 15) is 0 Å². The average Bonchev–Trinajstić information content (AvgIpc) is 2.20. The van der Waals surface area contributed by atoms with Gasteiger partial charge < -0.3 is 10.5 Å². The molecule has 0 spiro atoms. The highest BCUT2D eigenvalue weighted by molar-refractivity contribution is 5.73. The van der Waals surface area contributed by atoms with Gasteiger partial charge in [0, 0.05) is 11.3 Å². The fourth-order valence-electron chi connectivity index (χ4n) is 1.33. The smallest absolute Gasteiger partial charge is 0.120 e. The summed E-state index contributed by atoms with van der Waals surface area (Å²) in [5, 5.41) is 0. The number of rotatable bonds is 5. The van der Waals surface area contributed by atoms with Gasteiger partial charge in [0.15, 0.2) is 0 Å². The minimum atomic E-state index is 0.755. The SMILES string of the molecule is C=C(C)c1cc(OCCCC)ccc1N. The zero-order chi connectivity index (χ0) is 11.3. The van der Waals surface area contributed by atoms with Crippen molar-refractivity contribution >= 4 is 11.3 Å². The van der Waals surface area contributed by atoms with E-state index in [0.29, 0.717) is 0 Å². The molecule has 0 aliphatic heterocycles. The number of unbranched alkanes of at least 4 members (excludes halogenated alkanes) is 1. The number of benzene rings is 1. The topological polar surface area (TPSA) is 35.2 Å². The summed E-state index contributed by atoms with van der Waals surface area (Å²) in [4.78, 5) is 0. The van der Waals surface area contributed by atoms with Gasteiger partial charge in [0.2, 0.25) is 0 Å². The molecule has 0 atom stereocenters. The number of anilines is 1. The van der Waals surface area contributed by atoms with Crippen LogP contribution in [-0.4, -0.2) is 6.61 Å². The minimum absolute atomic E-state index is 0.755. The molecule has 1 rings (SSSR count). The fourth-order valence-corrected chi connectivity index (χ4v) is 1.33. The first-order chi connectivity index (χ1) is 7.15. The Bertz CT molecular complexity index is 344. The molecule has 0 unspecified atom stereocenters. The molecule has 0 saturated heterocycles. The molecular formula is C13H19NO. The van der Waals surface area contributed by atoms with Gasteiger partial charge in [-0.15, -0.1) is 0 Å². The monoisotopic (exact) mass is 205 g/mol. The number of nitrogens with two attached hydrogens (primary N) is 1. The maximum atomic E-state index is 5.83. The lowest BCUT2D eigenvalue weighted by Crippen LogP contribution is -1.98. The molecule has 0 heterocycles. The first kappa shape index (κ1) is 11.6. The molecule has 0 bridgehead atoms. The van der Waals surface area contributed by atoms with E-state index in [-0.39, 0.29) is 0 Å². The number of nitrogen functional groups attached to an aromatic ring is 1. The van der Waals surface area contributed by atoms with Crippen molar-refractivity contribution in [1.29, 1.82) is 0 Å². The van der Waals surface area contributed by atoms with E-state index in [4.69, 9.17) is 10.5 Å². The van der Waals surface area contributed by atoms with Crippen LogP contribution in [0.5, 0.6) is 5.75 Å². The van der Waals surface area contributed by atoms with E-state index in [0.717, 1.165) is 42.0 Å². The van der Waals surface area contributed by atoms with Crippen LogP contribution in [0, 0.1) is 0 Å². The highest BCUT2D eigenvalue weighted by Crippen LogP contribution is 2.25. The van der Waals surface area contributed by atoms with E-state index < -0.39 is 0 Å². The summed E-state index contributed by atoms with van der Waals surface area (Å²) in [6.45, 7) is 8.74. The maximum Gasteiger partial charge on any atom is 0.120 e. The summed E-state index contributed by atoms with van der Waals surface area (Å²) in [7, 11) is 0. The standard InChI is InChI=1S/C13H19NO/c1-4-5-8-15-11-6-7-13(14)12(9-11)10(2)3/h6-7,9H,2,4-5,8,14H2,1,3H3. The third-order valence-corrected chi connectivity index (χ3v) is 2.25. The van der Waals surface area contributed by atoms with Crippen molar-refractivity contribution in [3.63, 3.8) is 0 Å². The predicted molar refractivity (Wildman–Crippen MR) is 66.0 cm³/mol. The Morgan fingerprint density at radius 1 is 1.47 bits per heavy atom. The molecule has 2 nitrogen and oxygen atoms in total. The summed E-state index contributed by atoms with van der Waals surface area (Å²) in [5.41, 5.74) is 8.53. The van der Waals surface area contributed by atoms with Crippen LogP contribution in [0.25, 0.3) is 5.57 Å². The van der Waals surface area contributed by atoms with Gasteiger partial charge in [-0.1, -0.05) is 19.9 Å². The van der Waals surface area contributed by atoms with Crippen LogP contribution in [-0.2, 0) is 0 Å². The lowest BCUT2D eigenvalue weighted by molar-refractivity contribution is 0.309.